The minimum Gasteiger partial charge on any atom is -0.346 e. The number of amides is 1. The van der Waals surface area contributed by atoms with E-state index < -0.39 is 0 Å². The van der Waals surface area contributed by atoms with Gasteiger partial charge in [-0.3, -0.25) is 9.36 Å². The third kappa shape index (κ3) is 4.75. The fourth-order valence-electron chi connectivity index (χ4n) is 3.90. The average molecular weight is 421 g/mol. The molecule has 156 valence electrons. The highest BCUT2D eigenvalue weighted by Gasteiger charge is 2.26. The minimum atomic E-state index is -0.210. The molecule has 1 aliphatic carbocycles. The summed E-state index contributed by atoms with van der Waals surface area (Å²) in [6, 6.07) is 18.5. The Morgan fingerprint density at radius 2 is 1.80 bits per heavy atom. The molecule has 1 heterocycles. The van der Waals surface area contributed by atoms with Crippen molar-refractivity contribution in [1.29, 1.82) is 0 Å². The van der Waals surface area contributed by atoms with Gasteiger partial charge in [0.25, 0.3) is 0 Å². The standard InChI is InChI=1S/C24H28N4OS/c1-17-12-14-21(15-13-17)28-22(18(2)25-23(29)20-10-6-7-11-20)26-27-24(28)30-16-19-8-4-3-5-9-19/h3-5,8-9,12-15,18,20H,6-7,10-11,16H2,1-2H3,(H,25,29)/t18-/m0/s1. The van der Waals surface area contributed by atoms with E-state index in [-0.39, 0.29) is 17.9 Å². The summed E-state index contributed by atoms with van der Waals surface area (Å²) in [6.45, 7) is 4.07. The number of thioether (sulfide) groups is 1. The second kappa shape index (κ2) is 9.47. The van der Waals surface area contributed by atoms with Gasteiger partial charge >= 0.3 is 0 Å². The normalized spacial score (nSPS) is 15.3. The van der Waals surface area contributed by atoms with Gasteiger partial charge in [0.1, 0.15) is 0 Å². The van der Waals surface area contributed by atoms with Crippen molar-refractivity contribution in [2.45, 2.75) is 56.5 Å². The molecular weight excluding hydrogens is 392 g/mol. The predicted octanol–water partition coefficient (Wildman–Crippen LogP) is 5.24. The minimum absolute atomic E-state index is 0.134. The highest BCUT2D eigenvalue weighted by Crippen LogP contribution is 2.29. The first kappa shape index (κ1) is 20.7. The molecule has 1 N–H and O–H groups in total. The van der Waals surface area contributed by atoms with Crippen LogP contribution in [0.2, 0.25) is 0 Å². The van der Waals surface area contributed by atoms with E-state index in [4.69, 9.17) is 0 Å². The maximum Gasteiger partial charge on any atom is 0.223 e. The van der Waals surface area contributed by atoms with Crippen LogP contribution in [0.1, 0.15) is 55.6 Å². The lowest BCUT2D eigenvalue weighted by atomic mass is 10.1. The van der Waals surface area contributed by atoms with Crippen LogP contribution in [0, 0.1) is 12.8 Å². The number of nitrogens with one attached hydrogen (secondary N) is 1. The highest BCUT2D eigenvalue weighted by atomic mass is 32.2. The van der Waals surface area contributed by atoms with Crippen molar-refractivity contribution < 1.29 is 4.79 Å². The number of aromatic nitrogens is 3. The number of aryl methyl sites for hydroxylation is 1. The molecule has 2 aromatic carbocycles. The first-order valence-corrected chi connectivity index (χ1v) is 11.6. The predicted molar refractivity (Wildman–Crippen MR) is 121 cm³/mol. The molecule has 1 aromatic heterocycles. The Morgan fingerprint density at radius 1 is 1.10 bits per heavy atom. The average Bonchev–Trinajstić information content (AvgIpc) is 3.44. The number of hydrogen-bond donors (Lipinski definition) is 1. The lowest BCUT2D eigenvalue weighted by molar-refractivity contribution is -0.125. The number of carbonyl (C=O) groups is 1. The van der Waals surface area contributed by atoms with E-state index in [2.05, 4.69) is 63.4 Å². The van der Waals surface area contributed by atoms with Gasteiger partial charge in [0.05, 0.1) is 6.04 Å². The number of hydrogen-bond acceptors (Lipinski definition) is 4. The maximum atomic E-state index is 12.7. The van der Waals surface area contributed by atoms with Crippen LogP contribution in [0.3, 0.4) is 0 Å². The second-order valence-corrected chi connectivity index (χ2v) is 8.94. The molecule has 4 rings (SSSR count). The lowest BCUT2D eigenvalue weighted by Crippen LogP contribution is -2.33. The van der Waals surface area contributed by atoms with Gasteiger partial charge in [0.2, 0.25) is 5.91 Å². The summed E-state index contributed by atoms with van der Waals surface area (Å²) in [5, 5.41) is 13.0. The molecule has 0 bridgehead atoms. The zero-order valence-electron chi connectivity index (χ0n) is 17.5. The van der Waals surface area contributed by atoms with E-state index in [0.29, 0.717) is 0 Å². The van der Waals surface area contributed by atoms with Crippen LogP contribution in [0.4, 0.5) is 0 Å². The van der Waals surface area contributed by atoms with Gasteiger partial charge in [-0.25, -0.2) is 0 Å². The van der Waals surface area contributed by atoms with Crippen molar-refractivity contribution in [2.75, 3.05) is 0 Å². The summed E-state index contributed by atoms with van der Waals surface area (Å²) in [6.07, 6.45) is 4.27. The van der Waals surface area contributed by atoms with E-state index in [1.165, 1.54) is 11.1 Å². The second-order valence-electron chi connectivity index (χ2n) is 8.00. The van der Waals surface area contributed by atoms with E-state index >= 15 is 0 Å². The van der Waals surface area contributed by atoms with Crippen molar-refractivity contribution in [3.8, 4) is 5.69 Å². The van der Waals surface area contributed by atoms with Gasteiger partial charge in [0.15, 0.2) is 11.0 Å². The van der Waals surface area contributed by atoms with Gasteiger partial charge in [-0.2, -0.15) is 0 Å². The third-order valence-corrected chi connectivity index (χ3v) is 6.63. The molecule has 1 aliphatic rings. The van der Waals surface area contributed by atoms with Gasteiger partial charge < -0.3 is 5.32 Å². The smallest absolute Gasteiger partial charge is 0.223 e. The molecule has 3 aromatic rings. The number of carbonyl (C=O) groups excluding carboxylic acids is 1. The molecule has 30 heavy (non-hydrogen) atoms. The Morgan fingerprint density at radius 3 is 2.50 bits per heavy atom. The Hall–Kier alpha value is -2.60. The highest BCUT2D eigenvalue weighted by molar-refractivity contribution is 7.98. The van der Waals surface area contributed by atoms with Crippen LogP contribution in [0.5, 0.6) is 0 Å². The third-order valence-electron chi connectivity index (χ3n) is 5.63. The van der Waals surface area contributed by atoms with Crippen molar-refractivity contribution in [3.05, 3.63) is 71.5 Å². The lowest BCUT2D eigenvalue weighted by Gasteiger charge is -2.18. The molecular formula is C24H28N4OS. The molecule has 0 radical (unpaired) electrons. The fourth-order valence-corrected chi connectivity index (χ4v) is 4.81. The number of benzene rings is 2. The molecule has 6 heteroatoms. The Balaban J connectivity index is 1.59. The van der Waals surface area contributed by atoms with Crippen LogP contribution in [-0.4, -0.2) is 20.7 Å². The van der Waals surface area contributed by atoms with Crippen molar-refractivity contribution >= 4 is 17.7 Å². The first-order chi connectivity index (χ1) is 14.6. The summed E-state index contributed by atoms with van der Waals surface area (Å²) >= 11 is 1.66. The zero-order valence-corrected chi connectivity index (χ0v) is 18.4. The summed E-state index contributed by atoms with van der Waals surface area (Å²) in [5.74, 6) is 1.85. The molecule has 1 fully saturated rings. The molecule has 1 saturated carbocycles. The molecule has 1 atom stereocenters. The molecule has 1 amide bonds. The Kier molecular flexibility index (Phi) is 6.53. The van der Waals surface area contributed by atoms with Crippen LogP contribution in [-0.2, 0) is 10.5 Å². The van der Waals surface area contributed by atoms with Crippen LogP contribution < -0.4 is 5.32 Å². The van der Waals surface area contributed by atoms with Crippen molar-refractivity contribution in [3.63, 3.8) is 0 Å². The molecule has 5 nitrogen and oxygen atoms in total. The van der Waals surface area contributed by atoms with E-state index in [1.807, 2.05) is 25.1 Å². The fraction of sp³-hybridized carbons (Fsp3) is 0.375. The zero-order chi connectivity index (χ0) is 20.9. The number of nitrogens with zero attached hydrogens (tertiary/aromatic N) is 3. The topological polar surface area (TPSA) is 59.8 Å². The van der Waals surface area contributed by atoms with E-state index in [9.17, 15) is 4.79 Å². The Bertz CT molecular complexity index is 978. The van der Waals surface area contributed by atoms with Gasteiger partial charge in [-0.1, -0.05) is 72.6 Å². The summed E-state index contributed by atoms with van der Waals surface area (Å²) in [4.78, 5) is 12.7. The van der Waals surface area contributed by atoms with Crippen molar-refractivity contribution in [2.24, 2.45) is 5.92 Å². The summed E-state index contributed by atoms with van der Waals surface area (Å²) in [5.41, 5.74) is 3.46. The summed E-state index contributed by atoms with van der Waals surface area (Å²) in [7, 11) is 0. The molecule has 0 saturated heterocycles. The summed E-state index contributed by atoms with van der Waals surface area (Å²) < 4.78 is 2.08. The molecule has 0 unspecified atom stereocenters. The quantitative estimate of drug-likeness (QED) is 0.531. The van der Waals surface area contributed by atoms with Gasteiger partial charge in [-0.05, 0) is 44.4 Å². The van der Waals surface area contributed by atoms with E-state index in [0.717, 1.165) is 48.1 Å². The van der Waals surface area contributed by atoms with Crippen molar-refractivity contribution in [1.82, 2.24) is 20.1 Å². The molecule has 0 spiro atoms. The maximum absolute atomic E-state index is 12.7. The van der Waals surface area contributed by atoms with Gasteiger partial charge in [0, 0.05) is 17.4 Å². The SMILES string of the molecule is Cc1ccc(-n2c(SCc3ccccc3)nnc2[C@H](C)NC(=O)C2CCCC2)cc1. The van der Waals surface area contributed by atoms with E-state index in [1.54, 1.807) is 11.8 Å². The van der Waals surface area contributed by atoms with Gasteiger partial charge in [-0.15, -0.1) is 10.2 Å². The van der Waals surface area contributed by atoms with Crippen LogP contribution >= 0.6 is 11.8 Å². The largest absolute Gasteiger partial charge is 0.346 e. The van der Waals surface area contributed by atoms with Crippen LogP contribution in [0.25, 0.3) is 5.69 Å². The Labute approximate surface area is 182 Å². The first-order valence-electron chi connectivity index (χ1n) is 10.6. The number of rotatable bonds is 7. The van der Waals surface area contributed by atoms with Crippen LogP contribution in [0.15, 0.2) is 59.8 Å². The molecule has 0 aliphatic heterocycles. The monoisotopic (exact) mass is 420 g/mol.